The number of carbonyl (C=O) groups excluding carboxylic acids is 2. The van der Waals surface area contributed by atoms with Gasteiger partial charge in [-0.2, -0.15) is 0 Å². The maximum Gasteiger partial charge on any atom is 0.295 e. The molecule has 41 heavy (non-hydrogen) atoms. The molecule has 1 aliphatic rings. The molecule has 1 saturated heterocycles. The van der Waals surface area contributed by atoms with Gasteiger partial charge in [0, 0.05) is 24.2 Å². The lowest BCUT2D eigenvalue weighted by Gasteiger charge is -2.29. The van der Waals surface area contributed by atoms with E-state index in [9.17, 15) is 14.7 Å². The summed E-state index contributed by atoms with van der Waals surface area (Å²) in [6.07, 6.45) is 0. The van der Waals surface area contributed by atoms with E-state index in [-0.39, 0.29) is 16.7 Å². The number of likely N-dealkylation sites (tertiary alicyclic amines) is 1. The van der Waals surface area contributed by atoms with Crippen LogP contribution in [0.5, 0.6) is 23.0 Å². The van der Waals surface area contributed by atoms with E-state index in [1.807, 2.05) is 26.8 Å². The van der Waals surface area contributed by atoms with E-state index in [0.29, 0.717) is 53.8 Å². The number of aliphatic hydroxyl groups is 1. The molecule has 1 fully saturated rings. The van der Waals surface area contributed by atoms with Crippen molar-refractivity contribution in [3.8, 4) is 23.0 Å². The molecule has 3 rings (SSSR count). The van der Waals surface area contributed by atoms with Gasteiger partial charge in [-0.1, -0.05) is 34.6 Å². The number of carbonyl (C=O) groups is 2. The second-order valence-corrected chi connectivity index (χ2v) is 10.9. The zero-order chi connectivity index (χ0) is 30.5. The molecule has 2 aromatic rings. The molecule has 9 nitrogen and oxygen atoms in total. The molecular formula is C32H44N2O7. The molecule has 1 unspecified atom stereocenters. The average molecular weight is 569 g/mol. The number of rotatable bonds is 12. The smallest absolute Gasteiger partial charge is 0.295 e. The van der Waals surface area contributed by atoms with Crippen molar-refractivity contribution >= 4 is 17.4 Å². The Hall–Kier alpha value is -3.72. The third-order valence-electron chi connectivity index (χ3n) is 7.46. The molecule has 0 aliphatic carbocycles. The van der Waals surface area contributed by atoms with Gasteiger partial charge in [0.2, 0.25) is 5.75 Å². The number of hydrogen-bond acceptors (Lipinski definition) is 8. The van der Waals surface area contributed by atoms with Crippen LogP contribution in [-0.2, 0) is 15.0 Å². The van der Waals surface area contributed by atoms with E-state index >= 15 is 0 Å². The van der Waals surface area contributed by atoms with Crippen LogP contribution in [0.1, 0.15) is 64.3 Å². The van der Waals surface area contributed by atoms with Crippen molar-refractivity contribution in [3.63, 3.8) is 0 Å². The molecule has 0 radical (unpaired) electrons. The molecule has 0 aromatic heterocycles. The fourth-order valence-corrected chi connectivity index (χ4v) is 5.21. The first-order chi connectivity index (χ1) is 19.5. The zero-order valence-corrected chi connectivity index (χ0v) is 25.8. The van der Waals surface area contributed by atoms with Crippen LogP contribution in [-0.4, -0.2) is 80.7 Å². The van der Waals surface area contributed by atoms with Crippen molar-refractivity contribution in [1.82, 2.24) is 9.80 Å². The highest BCUT2D eigenvalue weighted by Gasteiger charge is 2.46. The van der Waals surface area contributed by atoms with Crippen molar-refractivity contribution in [2.75, 3.05) is 54.1 Å². The summed E-state index contributed by atoms with van der Waals surface area (Å²) in [6, 6.07) is 7.90. The highest BCUT2D eigenvalue weighted by Crippen LogP contribution is 2.46. The van der Waals surface area contributed by atoms with Crippen molar-refractivity contribution < 1.29 is 33.6 Å². The number of likely N-dealkylation sites (N-methyl/N-ethyl adjacent to an activating group) is 1. The van der Waals surface area contributed by atoms with Crippen LogP contribution in [0.15, 0.2) is 35.9 Å². The Kier molecular flexibility index (Phi) is 10.3. The summed E-state index contributed by atoms with van der Waals surface area (Å²) >= 11 is 0. The number of Topliss-reactive ketones (excluding diaryl/α,β-unsaturated/α-hetero) is 1. The Balaban J connectivity index is 2.28. The topological polar surface area (TPSA) is 97.8 Å². The minimum atomic E-state index is -0.871. The number of hydrogen-bond donors (Lipinski definition) is 1. The monoisotopic (exact) mass is 568 g/mol. The van der Waals surface area contributed by atoms with Gasteiger partial charge in [0.15, 0.2) is 11.5 Å². The Morgan fingerprint density at radius 3 is 2.02 bits per heavy atom. The summed E-state index contributed by atoms with van der Waals surface area (Å²) in [5.74, 6) is 0.199. The summed E-state index contributed by atoms with van der Waals surface area (Å²) in [5, 5.41) is 11.7. The van der Waals surface area contributed by atoms with Gasteiger partial charge in [-0.3, -0.25) is 9.59 Å². The predicted molar refractivity (Wildman–Crippen MR) is 159 cm³/mol. The lowest BCUT2D eigenvalue weighted by molar-refractivity contribution is -0.140. The number of methoxy groups -OCH3 is 3. The van der Waals surface area contributed by atoms with Crippen LogP contribution < -0.4 is 18.9 Å². The third-order valence-corrected chi connectivity index (χ3v) is 7.46. The van der Waals surface area contributed by atoms with Gasteiger partial charge in [-0.05, 0) is 61.3 Å². The molecule has 0 saturated carbocycles. The molecule has 224 valence electrons. The zero-order valence-electron chi connectivity index (χ0n) is 25.8. The number of nitrogens with zero attached hydrogens (tertiary/aromatic N) is 2. The minimum absolute atomic E-state index is 0.00726. The van der Waals surface area contributed by atoms with E-state index in [4.69, 9.17) is 18.9 Å². The van der Waals surface area contributed by atoms with Crippen LogP contribution in [0.3, 0.4) is 0 Å². The fraction of sp³-hybridized carbons (Fsp3) is 0.500. The Bertz CT molecular complexity index is 1270. The van der Waals surface area contributed by atoms with Gasteiger partial charge in [0.1, 0.15) is 11.5 Å². The first-order valence-corrected chi connectivity index (χ1v) is 14.0. The van der Waals surface area contributed by atoms with Crippen molar-refractivity contribution in [1.29, 1.82) is 0 Å². The number of benzene rings is 2. The van der Waals surface area contributed by atoms with E-state index in [2.05, 4.69) is 25.7 Å². The highest BCUT2D eigenvalue weighted by atomic mass is 16.5. The fourth-order valence-electron chi connectivity index (χ4n) is 5.21. The highest BCUT2D eigenvalue weighted by molar-refractivity contribution is 6.46. The Morgan fingerprint density at radius 1 is 0.927 bits per heavy atom. The average Bonchev–Trinajstić information content (AvgIpc) is 3.21. The molecule has 0 spiro atoms. The predicted octanol–water partition coefficient (Wildman–Crippen LogP) is 5.17. The number of ketones is 1. The maximum absolute atomic E-state index is 13.6. The van der Waals surface area contributed by atoms with Gasteiger partial charge in [-0.15, -0.1) is 0 Å². The van der Waals surface area contributed by atoms with Gasteiger partial charge >= 0.3 is 0 Å². The van der Waals surface area contributed by atoms with Gasteiger partial charge < -0.3 is 33.9 Å². The van der Waals surface area contributed by atoms with E-state index in [1.54, 1.807) is 24.3 Å². The molecule has 1 N–H and O–H groups in total. The Morgan fingerprint density at radius 2 is 1.54 bits per heavy atom. The summed E-state index contributed by atoms with van der Waals surface area (Å²) in [4.78, 5) is 30.9. The largest absolute Gasteiger partial charge is 0.507 e. The summed E-state index contributed by atoms with van der Waals surface area (Å²) in [6.45, 7) is 15.1. The van der Waals surface area contributed by atoms with Gasteiger partial charge in [-0.25, -0.2) is 0 Å². The van der Waals surface area contributed by atoms with Crippen molar-refractivity contribution in [3.05, 3.63) is 52.6 Å². The second kappa shape index (κ2) is 13.3. The first-order valence-electron chi connectivity index (χ1n) is 14.0. The lowest BCUT2D eigenvalue weighted by Crippen LogP contribution is -2.38. The first kappa shape index (κ1) is 31.8. The molecular weight excluding hydrogens is 524 g/mol. The van der Waals surface area contributed by atoms with Crippen LogP contribution in [0.4, 0.5) is 0 Å². The van der Waals surface area contributed by atoms with Crippen molar-refractivity contribution in [2.24, 2.45) is 0 Å². The number of aliphatic hydroxyl groups excluding tert-OH is 1. The van der Waals surface area contributed by atoms with E-state index < -0.39 is 17.7 Å². The molecule has 1 heterocycles. The van der Waals surface area contributed by atoms with Crippen LogP contribution >= 0.6 is 0 Å². The normalized spacial score (nSPS) is 16.8. The van der Waals surface area contributed by atoms with Crippen LogP contribution in [0.2, 0.25) is 0 Å². The second-order valence-electron chi connectivity index (χ2n) is 10.9. The molecule has 1 aliphatic heterocycles. The quantitative estimate of drug-likeness (QED) is 0.213. The molecule has 1 amide bonds. The maximum atomic E-state index is 13.6. The summed E-state index contributed by atoms with van der Waals surface area (Å²) in [7, 11) is 4.52. The molecule has 9 heteroatoms. The standard InChI is InChI=1S/C32H44N2O7/c1-10-33(11-2)15-16-34-27(21-18-24(38-7)30(40-9)25(19-21)39-8)26(29(36)31(34)37)28(35)20-13-14-23(41-12-3)22(17-20)32(4,5)6/h13-14,17-19,27,35H,10-12,15-16H2,1-9H3/b28-26+. The molecule has 1 atom stereocenters. The van der Waals surface area contributed by atoms with E-state index in [0.717, 1.165) is 18.7 Å². The van der Waals surface area contributed by atoms with E-state index in [1.165, 1.54) is 26.2 Å². The Labute approximate surface area is 243 Å². The van der Waals surface area contributed by atoms with Gasteiger partial charge in [0.25, 0.3) is 11.7 Å². The number of amides is 1. The molecule has 2 aromatic carbocycles. The SMILES string of the molecule is CCOc1ccc(/C(O)=C2\C(=O)C(=O)N(CCN(CC)CC)C2c2cc(OC)c(OC)c(OC)c2)cc1C(C)(C)C. The van der Waals surface area contributed by atoms with Gasteiger partial charge in [0.05, 0.1) is 39.6 Å². The molecule has 0 bridgehead atoms. The lowest BCUT2D eigenvalue weighted by atomic mass is 9.84. The minimum Gasteiger partial charge on any atom is -0.507 e. The number of ether oxygens (including phenoxy) is 4. The summed E-state index contributed by atoms with van der Waals surface area (Å²) < 4.78 is 22.5. The van der Waals surface area contributed by atoms with Crippen molar-refractivity contribution in [2.45, 2.75) is 53.0 Å². The third kappa shape index (κ3) is 6.45. The van der Waals surface area contributed by atoms with Crippen LogP contribution in [0.25, 0.3) is 5.76 Å². The summed E-state index contributed by atoms with van der Waals surface area (Å²) in [5.41, 5.74) is 1.57. The van der Waals surface area contributed by atoms with Crippen LogP contribution in [0, 0.1) is 0 Å².